The Balaban J connectivity index is 0.000000149. The van der Waals surface area contributed by atoms with Gasteiger partial charge in [0.05, 0.1) is 58.2 Å². The highest BCUT2D eigenvalue weighted by Gasteiger charge is 2.77. The number of carbonyl (C=O) groups excluding carboxylic acids is 16. The number of methoxy groups -OCH3 is 1. The van der Waals surface area contributed by atoms with Gasteiger partial charge in [0.2, 0.25) is 5.60 Å². The zero-order valence-electron chi connectivity index (χ0n) is 72.9. The average molecular weight is 1720 g/mol. The summed E-state index contributed by atoms with van der Waals surface area (Å²) < 4.78 is 90.1. The molecular formula is C87H116N2O33. The number of hydrogen-bond acceptors (Lipinski definition) is 35. The first-order valence-electron chi connectivity index (χ1n) is 42.5. The van der Waals surface area contributed by atoms with E-state index in [1.807, 2.05) is 40.7 Å². The van der Waals surface area contributed by atoms with Crippen LogP contribution in [0.1, 0.15) is 221 Å². The van der Waals surface area contributed by atoms with Crippen molar-refractivity contribution in [1.29, 1.82) is 10.5 Å². The lowest BCUT2D eigenvalue weighted by atomic mass is 9.63. The van der Waals surface area contributed by atoms with Crippen molar-refractivity contribution in [2.45, 2.75) is 306 Å². The predicted molar refractivity (Wildman–Crippen MR) is 408 cm³/mol. The number of rotatable bonds is 26. The Morgan fingerprint density at radius 1 is 0.434 bits per heavy atom. The molecule has 16 aliphatic rings. The molecule has 0 aromatic carbocycles. The van der Waals surface area contributed by atoms with E-state index in [4.69, 9.17) is 80.5 Å². The van der Waals surface area contributed by atoms with Crippen LogP contribution >= 0.6 is 0 Å². The van der Waals surface area contributed by atoms with Gasteiger partial charge in [0.1, 0.15) is 61.0 Å². The lowest BCUT2D eigenvalue weighted by Gasteiger charge is -2.43. The van der Waals surface area contributed by atoms with Crippen LogP contribution in [0, 0.1) is 125 Å². The molecule has 0 spiro atoms. The number of fused-ring (bicyclic) bond motifs is 5. The molecule has 16 fully saturated rings. The molecule has 12 bridgehead atoms. The van der Waals surface area contributed by atoms with Crippen molar-refractivity contribution in [1.82, 2.24) is 0 Å². The molecule has 35 nitrogen and oxygen atoms in total. The van der Waals surface area contributed by atoms with Crippen LogP contribution in [0.2, 0.25) is 0 Å². The van der Waals surface area contributed by atoms with E-state index in [0.29, 0.717) is 51.4 Å². The Bertz CT molecular complexity index is 4290. The van der Waals surface area contributed by atoms with Crippen LogP contribution in [0.25, 0.3) is 0 Å². The minimum atomic E-state index is -1.44. The predicted octanol–water partition coefficient (Wildman–Crippen LogP) is 7.31. The summed E-state index contributed by atoms with van der Waals surface area (Å²) in [5, 5.41) is 18.7. The molecule has 26 unspecified atom stereocenters. The van der Waals surface area contributed by atoms with Crippen LogP contribution in [0.4, 0.5) is 0 Å². The second-order valence-electron chi connectivity index (χ2n) is 38.8. The van der Waals surface area contributed by atoms with E-state index in [1.54, 1.807) is 69.2 Å². The van der Waals surface area contributed by atoms with Gasteiger partial charge in [-0.1, -0.05) is 34.6 Å². The average Bonchev–Trinajstić information content (AvgIpc) is 1.55. The lowest BCUT2D eigenvalue weighted by molar-refractivity contribution is -0.192. The van der Waals surface area contributed by atoms with Crippen molar-refractivity contribution >= 4 is 95.5 Å². The van der Waals surface area contributed by atoms with Crippen molar-refractivity contribution < 1.29 is 157 Å². The fraction of sp³-hybridized carbons (Fsp3) is 0.793. The second kappa shape index (κ2) is 34.5. The summed E-state index contributed by atoms with van der Waals surface area (Å²) in [6, 6.07) is 4.10. The van der Waals surface area contributed by atoms with E-state index in [-0.39, 0.29) is 109 Å². The largest absolute Gasteiger partial charge is 0.468 e. The summed E-state index contributed by atoms with van der Waals surface area (Å²) in [4.78, 5) is 193. The van der Waals surface area contributed by atoms with Crippen LogP contribution in [-0.2, 0) is 157 Å². The van der Waals surface area contributed by atoms with Gasteiger partial charge in [-0.3, -0.25) is 52.7 Å². The van der Waals surface area contributed by atoms with Gasteiger partial charge in [0, 0.05) is 53.8 Å². The number of esters is 16. The maximum atomic E-state index is 12.6. The van der Waals surface area contributed by atoms with Gasteiger partial charge in [0.25, 0.3) is 0 Å². The molecule has 35 heteroatoms. The van der Waals surface area contributed by atoms with Crippen LogP contribution in [0.3, 0.4) is 0 Å². The summed E-state index contributed by atoms with van der Waals surface area (Å²) in [5.74, 6) is -8.22. The van der Waals surface area contributed by atoms with Crippen LogP contribution in [0.15, 0.2) is 0 Å². The quantitative estimate of drug-likeness (QED) is 0.0465. The topological polar surface area (TPSA) is 478 Å². The molecule has 9 saturated carbocycles. The van der Waals surface area contributed by atoms with Crippen molar-refractivity contribution in [2.75, 3.05) is 26.9 Å². The van der Waals surface area contributed by atoms with E-state index < -0.39 is 207 Å². The summed E-state index contributed by atoms with van der Waals surface area (Å²) in [6.07, 6.45) is 1.58. The minimum Gasteiger partial charge on any atom is -0.468 e. The van der Waals surface area contributed by atoms with E-state index >= 15 is 0 Å². The Kier molecular flexibility index (Phi) is 26.4. The molecule has 16 rings (SSSR count). The SMILES string of the molecule is CCC(C)(C)C(=O)OC(C)(C)C(=O)OC1C2CC3C1OC(=O)C3(C#N)C2.CCC(C)(C)C(=O)OC(C)C(=O)OC1C2CC3C(=O)OC1C3C2.CCC(C)(C)C(=O)OCC(=O)OC1C2CC3(C#N)C(=O)OC1C3O2.CCC(C)(C)C(=O)OCC(=O)OC1C2CC3C1OC(=O)C3(C(=O)OC)C2.CCC(C)(C)C(=O)OCC(=O)OC1C2CCC3C(C2)C(=O)OC31. The van der Waals surface area contributed by atoms with Crippen LogP contribution in [0.5, 0.6) is 0 Å². The highest BCUT2D eigenvalue weighted by Crippen LogP contribution is 2.65. The van der Waals surface area contributed by atoms with Crippen molar-refractivity contribution in [2.24, 2.45) is 102 Å². The van der Waals surface area contributed by atoms with E-state index in [2.05, 4.69) is 6.07 Å². The normalized spacial score (nSPS) is 35.2. The first kappa shape index (κ1) is 93.2. The van der Waals surface area contributed by atoms with E-state index in [9.17, 15) is 87.2 Å². The number of carbonyl (C=O) groups is 16. The van der Waals surface area contributed by atoms with Gasteiger partial charge in [-0.25, -0.2) is 24.0 Å². The summed E-state index contributed by atoms with van der Waals surface area (Å²) >= 11 is 0. The van der Waals surface area contributed by atoms with Gasteiger partial charge in [-0.15, -0.1) is 0 Å². The van der Waals surface area contributed by atoms with Crippen molar-refractivity contribution in [3.8, 4) is 12.1 Å². The number of nitriles is 2. The fourth-order valence-corrected chi connectivity index (χ4v) is 19.3. The highest BCUT2D eigenvalue weighted by atomic mass is 16.7. The molecule has 0 aromatic heterocycles. The molecule has 0 radical (unpaired) electrons. The third-order valence-corrected chi connectivity index (χ3v) is 29.0. The Labute approximate surface area is 707 Å². The summed E-state index contributed by atoms with van der Waals surface area (Å²) in [5.41, 5.74) is -8.35. The van der Waals surface area contributed by atoms with Gasteiger partial charge >= 0.3 is 95.5 Å². The van der Waals surface area contributed by atoms with Gasteiger partial charge < -0.3 is 80.5 Å². The monoisotopic (exact) mass is 1720 g/mol. The third kappa shape index (κ3) is 16.9. The fourth-order valence-electron chi connectivity index (χ4n) is 19.3. The lowest BCUT2D eigenvalue weighted by Crippen LogP contribution is -2.50. The summed E-state index contributed by atoms with van der Waals surface area (Å²) in [7, 11) is 1.24. The van der Waals surface area contributed by atoms with Crippen LogP contribution < -0.4 is 0 Å². The van der Waals surface area contributed by atoms with Gasteiger partial charge in [-0.05, 0) is 180 Å². The van der Waals surface area contributed by atoms with Gasteiger partial charge in [0.15, 0.2) is 54.4 Å². The molecule has 9 aliphatic carbocycles. The second-order valence-corrected chi connectivity index (χ2v) is 38.8. The molecule has 672 valence electrons. The molecule has 7 aliphatic heterocycles. The molecule has 0 aromatic rings. The number of nitrogens with zero attached hydrogens (tertiary/aromatic N) is 2. The number of hydrogen-bond donors (Lipinski definition) is 0. The van der Waals surface area contributed by atoms with Crippen LogP contribution in [-0.4, -0.2) is 207 Å². The zero-order valence-corrected chi connectivity index (χ0v) is 72.9. The molecule has 122 heavy (non-hydrogen) atoms. The molecule has 7 saturated heterocycles. The molecule has 0 N–H and O–H groups in total. The minimum absolute atomic E-state index is 0.0134. The van der Waals surface area contributed by atoms with E-state index in [0.717, 1.165) is 32.1 Å². The molecule has 7 heterocycles. The van der Waals surface area contributed by atoms with Gasteiger partial charge in [-0.2, -0.15) is 10.5 Å². The van der Waals surface area contributed by atoms with Crippen molar-refractivity contribution in [3.05, 3.63) is 0 Å². The molecule has 0 amide bonds. The maximum absolute atomic E-state index is 12.6. The maximum Gasteiger partial charge on any atom is 0.350 e. The Hall–Kier alpha value is -9.54. The number of ether oxygens (including phenoxy) is 17. The first-order chi connectivity index (χ1) is 57.0. The molecular weight excluding hydrogens is 1600 g/mol. The zero-order chi connectivity index (χ0) is 90.2. The standard InChI is InChI=1S/C19H25NO6.C18H24O8.2C17H24O6.C16H19NO7/c1-6-17(2,3)14(21)26-18(4,5)15(22)24-12-10-7-11-13(12)25-16(23)19(11,8-10)9-20;1-5-17(2,3)14(20)24-8-11(19)25-12-9-6-10-13(12)26-16(22)18(10,7-9)15(21)23-4;1-5-17(3,4)16(20)21-8(2)14(18)22-12-9-6-10-11(7-9)15(19)23-13(10)12;1-4-17(2,3)16(20)21-8-12(18)22-13-9-5-6-10-11(7-9)15(19)23-14(10)13;1-4-15(2,3)13(19)21-6-9(18)23-10-8-5-16(7-17)12(22-8)11(10)24-14(16)20/h10-13H,6-8H2,1-5H3;9-10,12-13H,5-8H2,1-4H3;8-13H,5-7H2,1-4H3;9-11,13-14H,4-8H2,1-3H3;8,10-12H,4-6H2,1-3H3. The third-order valence-electron chi connectivity index (χ3n) is 29.0. The smallest absolute Gasteiger partial charge is 0.350 e. The Morgan fingerprint density at radius 3 is 1.39 bits per heavy atom. The molecule has 26 atom stereocenters. The first-order valence-corrected chi connectivity index (χ1v) is 42.5. The summed E-state index contributed by atoms with van der Waals surface area (Å²) in [6.45, 7) is 30.0. The highest BCUT2D eigenvalue weighted by molar-refractivity contribution is 6.03. The van der Waals surface area contributed by atoms with Crippen molar-refractivity contribution in [3.63, 3.8) is 0 Å². The Morgan fingerprint density at radius 2 is 0.861 bits per heavy atom. The van der Waals surface area contributed by atoms with E-state index in [1.165, 1.54) is 27.9 Å².